The van der Waals surface area contributed by atoms with E-state index in [0.29, 0.717) is 22.4 Å². The van der Waals surface area contributed by atoms with E-state index >= 15 is 0 Å². The molecule has 1 aromatic heterocycles. The summed E-state index contributed by atoms with van der Waals surface area (Å²) in [5, 5.41) is 0.411. The summed E-state index contributed by atoms with van der Waals surface area (Å²) in [5.74, 6) is -0.357. The van der Waals surface area contributed by atoms with Crippen LogP contribution < -0.4 is 10.3 Å². The summed E-state index contributed by atoms with van der Waals surface area (Å²) >= 11 is 2.06. The van der Waals surface area contributed by atoms with Gasteiger partial charge < -0.3 is 0 Å². The topological polar surface area (TPSA) is 81.1 Å². The Hall–Kier alpha value is -2.79. The van der Waals surface area contributed by atoms with Gasteiger partial charge in [-0.05, 0) is 84.1 Å². The first-order valence-electron chi connectivity index (χ1n) is 8.83. The van der Waals surface area contributed by atoms with Gasteiger partial charge in [-0.2, -0.15) is 0 Å². The molecule has 0 atom stereocenters. The first-order chi connectivity index (χ1) is 14.3. The zero-order valence-electron chi connectivity index (χ0n) is 15.6. The van der Waals surface area contributed by atoms with Crippen molar-refractivity contribution in [3.8, 4) is 5.69 Å². The van der Waals surface area contributed by atoms with Crippen LogP contribution in [-0.2, 0) is 10.0 Å². The maximum Gasteiger partial charge on any atom is 0.265 e. The fourth-order valence-corrected chi connectivity index (χ4v) is 4.51. The molecule has 0 saturated carbocycles. The number of aromatic nitrogens is 2. The van der Waals surface area contributed by atoms with Gasteiger partial charge in [0, 0.05) is 3.57 Å². The van der Waals surface area contributed by atoms with Gasteiger partial charge in [0.15, 0.2) is 0 Å². The van der Waals surface area contributed by atoms with Crippen LogP contribution in [0, 0.1) is 16.3 Å². The molecule has 0 spiro atoms. The molecule has 0 amide bonds. The highest BCUT2D eigenvalue weighted by Crippen LogP contribution is 2.23. The second kappa shape index (κ2) is 7.80. The maximum absolute atomic E-state index is 14.4. The number of hydrogen-bond acceptors (Lipinski definition) is 4. The van der Waals surface area contributed by atoms with Crippen LogP contribution in [0.5, 0.6) is 0 Å². The molecule has 0 aliphatic heterocycles. The Morgan fingerprint density at radius 1 is 1.03 bits per heavy atom. The standard InChI is InChI=1S/C21H15FIN3O3S/c1-13-24-19-5-3-2-4-17(19)21(27)26(13)15-8-11-18(22)20(12-15)25-30(28,29)16-9-6-14(23)7-10-16/h2-12,25H,1H3. The van der Waals surface area contributed by atoms with E-state index in [9.17, 15) is 17.6 Å². The van der Waals surface area contributed by atoms with Crippen LogP contribution in [0.1, 0.15) is 5.82 Å². The van der Waals surface area contributed by atoms with Crippen molar-refractivity contribution in [2.24, 2.45) is 0 Å². The van der Waals surface area contributed by atoms with Crippen LogP contribution in [0.4, 0.5) is 10.1 Å². The molecule has 0 saturated heterocycles. The molecule has 0 aliphatic carbocycles. The molecule has 0 aliphatic rings. The van der Waals surface area contributed by atoms with Gasteiger partial charge in [-0.25, -0.2) is 17.8 Å². The Morgan fingerprint density at radius 2 is 1.73 bits per heavy atom. The molecule has 4 aromatic rings. The Kier molecular flexibility index (Phi) is 5.33. The molecule has 1 heterocycles. The first kappa shape index (κ1) is 20.5. The Labute approximate surface area is 185 Å². The van der Waals surface area contributed by atoms with Crippen LogP contribution in [0.3, 0.4) is 0 Å². The van der Waals surface area contributed by atoms with Crippen LogP contribution in [0.2, 0.25) is 0 Å². The second-order valence-corrected chi connectivity index (χ2v) is 9.47. The number of fused-ring (bicyclic) bond motifs is 1. The molecule has 4 rings (SSSR count). The minimum Gasteiger partial charge on any atom is -0.277 e. The summed E-state index contributed by atoms with van der Waals surface area (Å²) < 4.78 is 44.2. The highest BCUT2D eigenvalue weighted by Gasteiger charge is 2.18. The van der Waals surface area contributed by atoms with E-state index < -0.39 is 15.8 Å². The van der Waals surface area contributed by atoms with E-state index in [1.54, 1.807) is 43.3 Å². The van der Waals surface area contributed by atoms with Crippen molar-refractivity contribution in [2.75, 3.05) is 4.72 Å². The van der Waals surface area contributed by atoms with Gasteiger partial charge in [-0.1, -0.05) is 12.1 Å². The Bertz CT molecular complexity index is 1430. The van der Waals surface area contributed by atoms with Gasteiger partial charge in [-0.3, -0.25) is 14.1 Å². The molecule has 9 heteroatoms. The molecule has 0 bridgehead atoms. The van der Waals surface area contributed by atoms with Gasteiger partial charge in [-0.15, -0.1) is 0 Å². The number of hydrogen-bond donors (Lipinski definition) is 1. The fraction of sp³-hybridized carbons (Fsp3) is 0.0476. The molecule has 6 nitrogen and oxygen atoms in total. The smallest absolute Gasteiger partial charge is 0.265 e. The molecule has 0 radical (unpaired) electrons. The van der Waals surface area contributed by atoms with Gasteiger partial charge in [0.05, 0.1) is 27.2 Å². The molecular weight excluding hydrogens is 520 g/mol. The van der Waals surface area contributed by atoms with Gasteiger partial charge in [0.1, 0.15) is 11.6 Å². The third-order valence-corrected chi connectivity index (χ3v) is 6.62. The zero-order chi connectivity index (χ0) is 21.5. The van der Waals surface area contributed by atoms with Crippen molar-refractivity contribution >= 4 is 49.2 Å². The lowest BCUT2D eigenvalue weighted by Gasteiger charge is -2.14. The van der Waals surface area contributed by atoms with Gasteiger partial charge in [0.2, 0.25) is 0 Å². The first-order valence-corrected chi connectivity index (χ1v) is 11.4. The average molecular weight is 535 g/mol. The molecule has 3 aromatic carbocycles. The third-order valence-electron chi connectivity index (χ3n) is 4.52. The third kappa shape index (κ3) is 3.82. The number of rotatable bonds is 4. The summed E-state index contributed by atoms with van der Waals surface area (Å²) in [6, 6.07) is 16.9. The van der Waals surface area contributed by atoms with Crippen LogP contribution in [0.15, 0.2) is 76.4 Å². The Morgan fingerprint density at radius 3 is 2.47 bits per heavy atom. The lowest BCUT2D eigenvalue weighted by molar-refractivity contribution is 0.598. The lowest BCUT2D eigenvalue weighted by Crippen LogP contribution is -2.22. The summed E-state index contributed by atoms with van der Waals surface area (Å²) in [6.45, 7) is 1.66. The maximum atomic E-state index is 14.4. The second-order valence-electron chi connectivity index (χ2n) is 6.54. The van der Waals surface area contributed by atoms with Crippen LogP contribution >= 0.6 is 22.6 Å². The number of halogens is 2. The molecule has 1 N–H and O–H groups in total. The van der Waals surface area contributed by atoms with E-state index in [1.165, 1.54) is 28.8 Å². The highest BCUT2D eigenvalue weighted by atomic mass is 127. The summed E-state index contributed by atoms with van der Waals surface area (Å²) in [7, 11) is -4.00. The van der Waals surface area contributed by atoms with Crippen molar-refractivity contribution in [1.82, 2.24) is 9.55 Å². The number of nitrogens with one attached hydrogen (secondary N) is 1. The normalized spacial score (nSPS) is 11.6. The van der Waals surface area contributed by atoms with Crippen LogP contribution in [0.25, 0.3) is 16.6 Å². The van der Waals surface area contributed by atoms with Crippen molar-refractivity contribution in [2.45, 2.75) is 11.8 Å². The van der Waals surface area contributed by atoms with Crippen molar-refractivity contribution in [1.29, 1.82) is 0 Å². The molecule has 0 fully saturated rings. The predicted molar refractivity (Wildman–Crippen MR) is 122 cm³/mol. The highest BCUT2D eigenvalue weighted by molar-refractivity contribution is 14.1. The van der Waals surface area contributed by atoms with E-state index in [0.717, 1.165) is 9.64 Å². The molecule has 30 heavy (non-hydrogen) atoms. The minimum absolute atomic E-state index is 0.00781. The van der Waals surface area contributed by atoms with Crippen molar-refractivity contribution in [3.63, 3.8) is 0 Å². The number of benzene rings is 3. The van der Waals surface area contributed by atoms with E-state index in [4.69, 9.17) is 0 Å². The average Bonchev–Trinajstić information content (AvgIpc) is 2.70. The summed E-state index contributed by atoms with van der Waals surface area (Å²) in [5.41, 5.74) is 0.275. The Balaban J connectivity index is 1.81. The van der Waals surface area contributed by atoms with E-state index in [1.807, 2.05) is 0 Å². The number of para-hydroxylation sites is 1. The number of aryl methyl sites for hydroxylation is 1. The van der Waals surface area contributed by atoms with Crippen molar-refractivity contribution < 1.29 is 12.8 Å². The predicted octanol–water partition coefficient (Wildman–Crippen LogP) is 4.24. The van der Waals surface area contributed by atoms with Crippen LogP contribution in [-0.4, -0.2) is 18.0 Å². The fourth-order valence-electron chi connectivity index (χ4n) is 3.10. The largest absolute Gasteiger partial charge is 0.277 e. The molecule has 0 unspecified atom stereocenters. The van der Waals surface area contributed by atoms with Gasteiger partial charge in [0.25, 0.3) is 15.6 Å². The summed E-state index contributed by atoms with van der Waals surface area (Å²) in [4.78, 5) is 17.4. The number of anilines is 1. The van der Waals surface area contributed by atoms with Crippen molar-refractivity contribution in [3.05, 3.63) is 92.3 Å². The molecular formula is C21H15FIN3O3S. The summed E-state index contributed by atoms with van der Waals surface area (Å²) in [6.07, 6.45) is 0. The monoisotopic (exact) mass is 535 g/mol. The minimum atomic E-state index is -4.00. The van der Waals surface area contributed by atoms with E-state index in [-0.39, 0.29) is 16.1 Å². The SMILES string of the molecule is Cc1nc2ccccc2c(=O)n1-c1ccc(F)c(NS(=O)(=O)c2ccc(I)cc2)c1. The zero-order valence-corrected chi connectivity index (χ0v) is 18.6. The van der Waals surface area contributed by atoms with Gasteiger partial charge >= 0.3 is 0 Å². The number of nitrogens with zero attached hydrogens (tertiary/aromatic N) is 2. The number of sulfonamides is 1. The quantitative estimate of drug-likeness (QED) is 0.397. The lowest BCUT2D eigenvalue weighted by atomic mass is 10.2. The molecule has 152 valence electrons. The van der Waals surface area contributed by atoms with E-state index in [2.05, 4.69) is 32.3 Å².